The Labute approximate surface area is 108 Å². The Kier molecular flexibility index (Phi) is 4.71. The molecule has 0 saturated carbocycles. The van der Waals surface area contributed by atoms with Crippen molar-refractivity contribution in [1.82, 2.24) is 19.0 Å². The second kappa shape index (κ2) is 5.68. The van der Waals surface area contributed by atoms with Gasteiger partial charge >= 0.3 is 0 Å². The first kappa shape index (κ1) is 14.9. The van der Waals surface area contributed by atoms with Gasteiger partial charge in [0, 0.05) is 26.8 Å². The molecule has 0 amide bonds. The molecule has 1 aromatic heterocycles. The molecule has 2 N–H and O–H groups in total. The minimum Gasteiger partial charge on any atom is -0.381 e. The number of sulfonamides is 1. The summed E-state index contributed by atoms with van der Waals surface area (Å²) in [5.74, 6) is 0.0389. The van der Waals surface area contributed by atoms with E-state index in [1.165, 1.54) is 15.2 Å². The first-order valence-corrected chi connectivity index (χ1v) is 7.09. The van der Waals surface area contributed by atoms with Crippen LogP contribution in [0.5, 0.6) is 0 Å². The summed E-state index contributed by atoms with van der Waals surface area (Å²) in [6.45, 7) is 1.29. The average molecular weight is 275 g/mol. The summed E-state index contributed by atoms with van der Waals surface area (Å²) in [7, 11) is 3.56. The van der Waals surface area contributed by atoms with Crippen molar-refractivity contribution >= 4 is 15.8 Å². The third kappa shape index (κ3) is 3.44. The molecule has 0 saturated heterocycles. The van der Waals surface area contributed by atoms with Crippen molar-refractivity contribution < 1.29 is 8.42 Å². The van der Waals surface area contributed by atoms with Crippen molar-refractivity contribution in [3.8, 4) is 0 Å². The minimum atomic E-state index is -3.54. The summed E-state index contributed by atoms with van der Waals surface area (Å²) in [6, 6.07) is 0. The van der Waals surface area contributed by atoms with E-state index in [1.807, 2.05) is 19.0 Å². The van der Waals surface area contributed by atoms with Crippen molar-refractivity contribution in [2.75, 3.05) is 40.0 Å². The molecule has 0 radical (unpaired) electrons. The highest BCUT2D eigenvalue weighted by Gasteiger charge is 2.25. The molecule has 0 aliphatic heterocycles. The molecule has 7 nitrogen and oxygen atoms in total. The van der Waals surface area contributed by atoms with E-state index in [0.717, 1.165) is 13.0 Å². The maximum atomic E-state index is 12.2. The van der Waals surface area contributed by atoms with E-state index in [2.05, 4.69) is 5.10 Å². The lowest BCUT2D eigenvalue weighted by molar-refractivity contribution is 0.370. The molecule has 1 heterocycles. The zero-order valence-electron chi connectivity index (χ0n) is 11.3. The molecule has 0 unspecified atom stereocenters. The van der Waals surface area contributed by atoms with Gasteiger partial charge < -0.3 is 10.6 Å². The molecule has 1 rings (SSSR count). The molecule has 0 atom stereocenters. The maximum Gasteiger partial charge on any atom is 0.248 e. The van der Waals surface area contributed by atoms with Crippen molar-refractivity contribution in [2.45, 2.75) is 11.3 Å². The summed E-state index contributed by atoms with van der Waals surface area (Å²) < 4.78 is 27.2. The van der Waals surface area contributed by atoms with Gasteiger partial charge in [0.1, 0.15) is 4.90 Å². The van der Waals surface area contributed by atoms with E-state index in [1.54, 1.807) is 14.1 Å². The van der Waals surface area contributed by atoms with Crippen LogP contribution in [0.2, 0.25) is 0 Å². The van der Waals surface area contributed by atoms with Gasteiger partial charge in [-0.25, -0.2) is 12.7 Å². The van der Waals surface area contributed by atoms with Gasteiger partial charge in [0.05, 0.1) is 0 Å². The van der Waals surface area contributed by atoms with Crippen LogP contribution >= 0.6 is 0 Å². The molecule has 0 fully saturated rings. The van der Waals surface area contributed by atoms with Crippen LogP contribution in [0, 0.1) is 0 Å². The normalized spacial score (nSPS) is 12.6. The van der Waals surface area contributed by atoms with Crippen LogP contribution in [-0.2, 0) is 17.1 Å². The zero-order chi connectivity index (χ0) is 13.9. The monoisotopic (exact) mass is 275 g/mol. The van der Waals surface area contributed by atoms with Crippen LogP contribution in [-0.4, -0.2) is 61.6 Å². The minimum absolute atomic E-state index is 0.0389. The smallest absolute Gasteiger partial charge is 0.248 e. The number of nitrogen functional groups attached to an aromatic ring is 1. The number of rotatable bonds is 6. The van der Waals surface area contributed by atoms with Crippen molar-refractivity contribution in [3.05, 3.63) is 6.20 Å². The lowest BCUT2D eigenvalue weighted by Gasteiger charge is -2.17. The maximum absolute atomic E-state index is 12.2. The van der Waals surface area contributed by atoms with Crippen LogP contribution < -0.4 is 5.73 Å². The first-order valence-electron chi connectivity index (χ1n) is 5.65. The number of nitrogens with two attached hydrogens (primary N) is 1. The van der Waals surface area contributed by atoms with Crippen LogP contribution in [0.15, 0.2) is 11.1 Å². The van der Waals surface area contributed by atoms with Gasteiger partial charge in [0.15, 0.2) is 5.82 Å². The second-order valence-corrected chi connectivity index (χ2v) is 6.55. The fraction of sp³-hybridized carbons (Fsp3) is 0.700. The van der Waals surface area contributed by atoms with Crippen molar-refractivity contribution in [1.29, 1.82) is 0 Å². The first-order chi connectivity index (χ1) is 8.25. The third-order valence-electron chi connectivity index (χ3n) is 2.59. The largest absolute Gasteiger partial charge is 0.381 e. The van der Waals surface area contributed by atoms with Crippen LogP contribution in [0.4, 0.5) is 5.82 Å². The fourth-order valence-electron chi connectivity index (χ4n) is 1.58. The number of hydrogen-bond donors (Lipinski definition) is 1. The fourth-order valence-corrected chi connectivity index (χ4v) is 2.88. The summed E-state index contributed by atoms with van der Waals surface area (Å²) >= 11 is 0. The second-order valence-electron chi connectivity index (χ2n) is 4.54. The van der Waals surface area contributed by atoms with E-state index in [9.17, 15) is 8.42 Å². The van der Waals surface area contributed by atoms with Crippen LogP contribution in [0.25, 0.3) is 0 Å². The molecule has 104 valence electrons. The van der Waals surface area contributed by atoms with Gasteiger partial charge in [-0.3, -0.25) is 4.68 Å². The van der Waals surface area contributed by atoms with Gasteiger partial charge in [-0.1, -0.05) is 0 Å². The molecule has 18 heavy (non-hydrogen) atoms. The molecule has 0 aromatic carbocycles. The Bertz CT molecular complexity index is 494. The summed E-state index contributed by atoms with van der Waals surface area (Å²) in [5, 5.41) is 3.85. The lowest BCUT2D eigenvalue weighted by Crippen LogP contribution is -2.30. The van der Waals surface area contributed by atoms with Gasteiger partial charge in [-0.2, -0.15) is 5.10 Å². The van der Waals surface area contributed by atoms with E-state index in [4.69, 9.17) is 5.73 Å². The van der Waals surface area contributed by atoms with Gasteiger partial charge in [-0.15, -0.1) is 0 Å². The molecular formula is C10H21N5O2S. The molecule has 0 aliphatic rings. The topological polar surface area (TPSA) is 84.5 Å². The highest BCUT2D eigenvalue weighted by atomic mass is 32.2. The highest BCUT2D eigenvalue weighted by Crippen LogP contribution is 2.19. The SMILES string of the molecule is CN(C)CCCN(C)S(=O)(=O)c1cn(C)nc1N. The number of nitrogens with zero attached hydrogens (tertiary/aromatic N) is 4. The van der Waals surface area contributed by atoms with Gasteiger partial charge in [0.2, 0.25) is 10.0 Å². The molecule has 0 spiro atoms. The summed E-state index contributed by atoms with van der Waals surface area (Å²) in [5.41, 5.74) is 5.60. The van der Waals surface area contributed by atoms with Gasteiger partial charge in [-0.05, 0) is 27.1 Å². The van der Waals surface area contributed by atoms with Crippen LogP contribution in [0.1, 0.15) is 6.42 Å². The summed E-state index contributed by atoms with van der Waals surface area (Å²) in [6.07, 6.45) is 2.19. The number of hydrogen-bond acceptors (Lipinski definition) is 5. The van der Waals surface area contributed by atoms with E-state index in [-0.39, 0.29) is 10.7 Å². The Morgan fingerprint density at radius 1 is 1.33 bits per heavy atom. The Balaban J connectivity index is 2.77. The Morgan fingerprint density at radius 2 is 1.94 bits per heavy atom. The van der Waals surface area contributed by atoms with E-state index in [0.29, 0.717) is 6.54 Å². The van der Waals surface area contributed by atoms with Crippen molar-refractivity contribution in [3.63, 3.8) is 0 Å². The quantitative estimate of drug-likeness (QED) is 0.762. The van der Waals surface area contributed by atoms with Crippen molar-refractivity contribution in [2.24, 2.45) is 7.05 Å². The molecule has 8 heteroatoms. The number of aromatic nitrogens is 2. The van der Waals surface area contributed by atoms with E-state index < -0.39 is 10.0 Å². The standard InChI is InChI=1S/C10H21N5O2S/c1-13(2)6-5-7-15(4)18(16,17)9-8-14(3)12-10(9)11/h8H,5-7H2,1-4H3,(H2,11,12). The number of anilines is 1. The molecule has 1 aromatic rings. The van der Waals surface area contributed by atoms with Crippen LogP contribution in [0.3, 0.4) is 0 Å². The third-order valence-corrected chi connectivity index (χ3v) is 4.46. The lowest BCUT2D eigenvalue weighted by atomic mass is 10.4. The molecular weight excluding hydrogens is 254 g/mol. The Hall–Kier alpha value is -1.12. The number of aryl methyl sites for hydroxylation is 1. The summed E-state index contributed by atoms with van der Waals surface area (Å²) in [4.78, 5) is 2.08. The molecule has 0 aliphatic carbocycles. The Morgan fingerprint density at radius 3 is 2.39 bits per heavy atom. The zero-order valence-corrected chi connectivity index (χ0v) is 12.1. The highest BCUT2D eigenvalue weighted by molar-refractivity contribution is 7.89. The molecule has 0 bridgehead atoms. The van der Waals surface area contributed by atoms with E-state index >= 15 is 0 Å². The average Bonchev–Trinajstić information content (AvgIpc) is 2.57. The van der Waals surface area contributed by atoms with Gasteiger partial charge in [0.25, 0.3) is 0 Å². The predicted molar refractivity (Wildman–Crippen MR) is 70.6 cm³/mol. The predicted octanol–water partition coefficient (Wildman–Crippen LogP) is -0.425.